The van der Waals surface area contributed by atoms with Crippen LogP contribution in [0.15, 0.2) is 36.1 Å². The van der Waals surface area contributed by atoms with E-state index in [1.807, 2.05) is 0 Å². The van der Waals surface area contributed by atoms with Gasteiger partial charge in [-0.1, -0.05) is 0 Å². The first-order valence-corrected chi connectivity index (χ1v) is 11.3. The molecule has 0 spiro atoms. The van der Waals surface area contributed by atoms with E-state index in [-0.39, 0.29) is 36.0 Å². The van der Waals surface area contributed by atoms with Crippen molar-refractivity contribution in [1.29, 1.82) is 0 Å². The minimum atomic E-state index is -4.55. The maximum absolute atomic E-state index is 13.3. The molecule has 0 unspecified atom stereocenters. The fraction of sp³-hybridized carbons (Fsp3) is 0.278. The van der Waals surface area contributed by atoms with Crippen LogP contribution >= 0.6 is 11.3 Å². The monoisotopic (exact) mass is 471 g/mol. The van der Waals surface area contributed by atoms with Crippen molar-refractivity contribution in [3.05, 3.63) is 52.9 Å². The molecular weight excluding hydrogens is 455 g/mol. The van der Waals surface area contributed by atoms with E-state index in [0.29, 0.717) is 17.0 Å². The number of hydrogen-bond donors (Lipinski definition) is 1. The summed E-state index contributed by atoms with van der Waals surface area (Å²) in [7, 11) is -2.58. The molecule has 0 bridgehead atoms. The lowest BCUT2D eigenvalue weighted by Gasteiger charge is -2.28. The van der Waals surface area contributed by atoms with E-state index in [0.717, 1.165) is 23.5 Å². The number of ether oxygens (including phenoxy) is 1. The Morgan fingerprint density at radius 1 is 1.19 bits per heavy atom. The van der Waals surface area contributed by atoms with Crippen molar-refractivity contribution < 1.29 is 26.3 Å². The number of aromatic nitrogens is 3. The third kappa shape index (κ3) is 4.48. The number of hydrogen-bond acceptors (Lipinski definition) is 7. The molecule has 4 rings (SSSR count). The van der Waals surface area contributed by atoms with Crippen molar-refractivity contribution >= 4 is 26.7 Å². The van der Waals surface area contributed by atoms with Crippen LogP contribution in [0.25, 0.3) is 11.3 Å². The third-order valence-electron chi connectivity index (χ3n) is 4.70. The van der Waals surface area contributed by atoms with Gasteiger partial charge < -0.3 is 4.74 Å². The molecule has 0 aliphatic carbocycles. The summed E-state index contributed by atoms with van der Waals surface area (Å²) < 4.78 is 73.9. The smallest absolute Gasteiger partial charge is 0.416 e. The highest BCUT2D eigenvalue weighted by molar-refractivity contribution is 7.90. The highest BCUT2D eigenvalue weighted by Gasteiger charge is 2.33. The summed E-state index contributed by atoms with van der Waals surface area (Å²) in [6.45, 7) is 0.0752. The zero-order valence-electron chi connectivity index (χ0n) is 16.0. The molecule has 3 heterocycles. The summed E-state index contributed by atoms with van der Waals surface area (Å²) in [6, 6.07) is 3.37. The molecule has 0 amide bonds. The number of benzene rings is 1. The summed E-state index contributed by atoms with van der Waals surface area (Å²) >= 11 is 1.15. The Kier molecular flexibility index (Phi) is 5.58. The van der Waals surface area contributed by atoms with Gasteiger partial charge in [-0.25, -0.2) is 19.7 Å². The van der Waals surface area contributed by atoms with Crippen LogP contribution in [0.2, 0.25) is 0 Å². The van der Waals surface area contributed by atoms with E-state index >= 15 is 0 Å². The Hall–Kier alpha value is -2.77. The van der Waals surface area contributed by atoms with E-state index in [1.165, 1.54) is 30.0 Å². The first-order valence-electron chi connectivity index (χ1n) is 8.94. The molecule has 1 aliphatic rings. The number of halogens is 3. The van der Waals surface area contributed by atoms with E-state index < -0.39 is 21.9 Å². The average molecular weight is 471 g/mol. The first kappa shape index (κ1) is 21.5. The maximum Gasteiger partial charge on any atom is 0.416 e. The fourth-order valence-corrected chi connectivity index (χ4v) is 5.16. The Balaban J connectivity index is 1.68. The summed E-state index contributed by atoms with van der Waals surface area (Å²) in [5.74, 6) is 0.0462. The van der Waals surface area contributed by atoms with Gasteiger partial charge in [-0.2, -0.15) is 25.9 Å². The number of rotatable bonds is 5. The Bertz CT molecular complexity index is 1200. The molecule has 0 radical (unpaired) electrons. The second-order valence-corrected chi connectivity index (χ2v) is 9.19. The van der Waals surface area contributed by atoms with Crippen LogP contribution < -0.4 is 9.46 Å². The molecule has 0 fully saturated rings. The molecule has 164 valence electrons. The van der Waals surface area contributed by atoms with Crippen LogP contribution in [0.4, 0.5) is 18.3 Å². The predicted molar refractivity (Wildman–Crippen MR) is 108 cm³/mol. The maximum atomic E-state index is 13.3. The summed E-state index contributed by atoms with van der Waals surface area (Å²) in [5, 5.41) is 1.89. The van der Waals surface area contributed by atoms with Crippen LogP contribution in [-0.4, -0.2) is 41.3 Å². The number of methoxy groups -OCH3 is 1. The molecule has 0 atom stereocenters. The van der Waals surface area contributed by atoms with E-state index in [4.69, 9.17) is 4.74 Å². The number of alkyl halides is 3. The molecule has 2 aromatic heterocycles. The minimum Gasteiger partial charge on any atom is -0.497 e. The van der Waals surface area contributed by atoms with Crippen LogP contribution in [0.3, 0.4) is 0 Å². The first-order chi connectivity index (χ1) is 14.7. The Morgan fingerprint density at radius 3 is 2.68 bits per heavy atom. The minimum absolute atomic E-state index is 0.0400. The molecule has 31 heavy (non-hydrogen) atoms. The second kappa shape index (κ2) is 8.05. The van der Waals surface area contributed by atoms with E-state index in [9.17, 15) is 21.6 Å². The van der Waals surface area contributed by atoms with Gasteiger partial charge in [0.1, 0.15) is 12.1 Å². The highest BCUT2D eigenvalue weighted by atomic mass is 32.2. The van der Waals surface area contributed by atoms with E-state index in [1.54, 1.807) is 5.38 Å². The number of nitrogens with one attached hydrogen (secondary N) is 1. The molecular formula is C18H16F3N5O3S2. The van der Waals surface area contributed by atoms with Gasteiger partial charge in [0.2, 0.25) is 0 Å². The SMILES string of the molecule is COc1cc(-c2ncnc3c2CCN(S(=O)(=O)Nc2nccs2)C3)cc(C(F)(F)F)c1. The number of anilines is 1. The van der Waals surface area contributed by atoms with Crippen LogP contribution in [0.5, 0.6) is 5.75 Å². The van der Waals surface area contributed by atoms with Gasteiger partial charge in [0.05, 0.1) is 30.6 Å². The number of nitrogens with zero attached hydrogens (tertiary/aromatic N) is 4. The van der Waals surface area contributed by atoms with Gasteiger partial charge in [-0.15, -0.1) is 11.3 Å². The molecule has 1 aliphatic heterocycles. The van der Waals surface area contributed by atoms with Crippen LogP contribution in [0, 0.1) is 0 Å². The van der Waals surface area contributed by atoms with E-state index in [2.05, 4.69) is 19.7 Å². The summed E-state index contributed by atoms with van der Waals surface area (Å²) in [6.07, 6.45) is -1.62. The van der Waals surface area contributed by atoms with Crippen LogP contribution in [-0.2, 0) is 29.4 Å². The molecule has 8 nitrogen and oxygen atoms in total. The lowest BCUT2D eigenvalue weighted by molar-refractivity contribution is -0.137. The van der Waals surface area contributed by atoms with Crippen molar-refractivity contribution in [2.24, 2.45) is 0 Å². The Labute approximate surface area is 179 Å². The molecule has 3 aromatic rings. The quantitative estimate of drug-likeness (QED) is 0.613. The van der Waals surface area contributed by atoms with Gasteiger partial charge in [-0.05, 0) is 24.6 Å². The number of fused-ring (bicyclic) bond motifs is 1. The molecule has 1 aromatic carbocycles. The van der Waals surface area contributed by atoms with Gasteiger partial charge in [-0.3, -0.25) is 0 Å². The topological polar surface area (TPSA) is 97.3 Å². The fourth-order valence-electron chi connectivity index (χ4n) is 3.25. The van der Waals surface area contributed by atoms with Crippen molar-refractivity contribution in [3.63, 3.8) is 0 Å². The largest absolute Gasteiger partial charge is 0.497 e. The number of thiazole rings is 1. The lowest BCUT2D eigenvalue weighted by atomic mass is 9.98. The molecule has 1 N–H and O–H groups in total. The second-order valence-electron chi connectivity index (χ2n) is 6.62. The van der Waals surface area contributed by atoms with Crippen molar-refractivity contribution in [2.45, 2.75) is 19.1 Å². The van der Waals surface area contributed by atoms with Gasteiger partial charge in [0.15, 0.2) is 5.13 Å². The molecule has 0 saturated heterocycles. The predicted octanol–water partition coefficient (Wildman–Crippen LogP) is 3.34. The molecule has 0 saturated carbocycles. The standard InChI is InChI=1S/C18H16F3N5O3S2/c1-29-13-7-11(6-12(8-13)18(19,20)21)16-14-2-4-26(9-15(14)23-10-24-16)31(27,28)25-17-22-3-5-30-17/h3,5-8,10H,2,4,9H2,1H3,(H,22,25). The lowest BCUT2D eigenvalue weighted by Crippen LogP contribution is -2.40. The van der Waals surface area contributed by atoms with Gasteiger partial charge in [0, 0.05) is 29.2 Å². The van der Waals surface area contributed by atoms with Gasteiger partial charge in [0.25, 0.3) is 0 Å². The zero-order chi connectivity index (χ0) is 22.2. The van der Waals surface area contributed by atoms with Crippen molar-refractivity contribution in [3.8, 4) is 17.0 Å². The van der Waals surface area contributed by atoms with Crippen molar-refractivity contribution in [1.82, 2.24) is 19.3 Å². The zero-order valence-corrected chi connectivity index (χ0v) is 17.7. The Morgan fingerprint density at radius 2 is 2.00 bits per heavy atom. The highest BCUT2D eigenvalue weighted by Crippen LogP contribution is 2.37. The van der Waals surface area contributed by atoms with Crippen molar-refractivity contribution in [2.75, 3.05) is 18.4 Å². The average Bonchev–Trinajstić information content (AvgIpc) is 3.24. The van der Waals surface area contributed by atoms with Crippen LogP contribution in [0.1, 0.15) is 16.8 Å². The summed E-state index contributed by atoms with van der Waals surface area (Å²) in [5.41, 5.74) is 0.713. The van der Waals surface area contributed by atoms with Gasteiger partial charge >= 0.3 is 16.4 Å². The summed E-state index contributed by atoms with van der Waals surface area (Å²) in [4.78, 5) is 12.3. The normalized spacial score (nSPS) is 14.8. The molecule has 13 heteroatoms. The third-order valence-corrected chi connectivity index (χ3v) is 6.96.